The first-order chi connectivity index (χ1) is 10.8. The number of hydrogen-bond acceptors (Lipinski definition) is 3. The van der Waals surface area contributed by atoms with Crippen molar-refractivity contribution >= 4 is 40.9 Å². The zero-order valence-electron chi connectivity index (χ0n) is 13.3. The van der Waals surface area contributed by atoms with Crippen LogP contribution in [0.4, 0.5) is 16.3 Å². The first-order valence-electron chi connectivity index (χ1n) is 7.37. The van der Waals surface area contributed by atoms with Crippen molar-refractivity contribution in [3.8, 4) is 0 Å². The number of urea groups is 1. The lowest BCUT2D eigenvalue weighted by atomic mass is 10.1. The van der Waals surface area contributed by atoms with Crippen LogP contribution < -0.4 is 10.6 Å². The highest BCUT2D eigenvalue weighted by Crippen LogP contribution is 2.37. The summed E-state index contributed by atoms with van der Waals surface area (Å²) in [5.74, 6) is 2.54. The number of aromatic nitrogens is 2. The van der Waals surface area contributed by atoms with Crippen molar-refractivity contribution in [1.82, 2.24) is 9.78 Å². The number of carbonyl (C=O) groups excluding carboxylic acids is 1. The summed E-state index contributed by atoms with van der Waals surface area (Å²) in [6.45, 7) is 6.22. The van der Waals surface area contributed by atoms with Gasteiger partial charge >= 0.3 is 6.03 Å². The van der Waals surface area contributed by atoms with Gasteiger partial charge in [0.25, 0.3) is 0 Å². The lowest BCUT2D eigenvalue weighted by Gasteiger charge is -2.23. The molecule has 2 amide bonds. The van der Waals surface area contributed by atoms with Crippen molar-refractivity contribution in [3.63, 3.8) is 0 Å². The Morgan fingerprint density at radius 1 is 1.30 bits per heavy atom. The number of hydrogen-bond donors (Lipinski definition) is 2. The molecule has 1 aliphatic rings. The van der Waals surface area contributed by atoms with Gasteiger partial charge in [-0.3, -0.25) is 5.32 Å². The van der Waals surface area contributed by atoms with Crippen LogP contribution in [0, 0.1) is 0 Å². The lowest BCUT2D eigenvalue weighted by Crippen LogP contribution is -2.29. The highest BCUT2D eigenvalue weighted by atomic mass is 35.5. The van der Waals surface area contributed by atoms with E-state index in [2.05, 4.69) is 36.5 Å². The third kappa shape index (κ3) is 3.48. The molecule has 0 saturated heterocycles. The number of nitrogens with zero attached hydrogens (tertiary/aromatic N) is 2. The summed E-state index contributed by atoms with van der Waals surface area (Å²) in [5, 5.41) is 11.0. The molecule has 1 aliphatic heterocycles. The second-order valence-electron chi connectivity index (χ2n) is 6.44. The van der Waals surface area contributed by atoms with E-state index in [4.69, 9.17) is 11.6 Å². The molecule has 0 atom stereocenters. The number of benzene rings is 1. The Hall–Kier alpha value is -1.66. The van der Waals surface area contributed by atoms with Crippen molar-refractivity contribution in [3.05, 3.63) is 40.5 Å². The standard InChI is InChI=1S/C16H19ClN4OS/c1-16(2,3)21-14(12-8-23-9-13(12)20-21)19-15(22)18-11-6-4-5-10(17)7-11/h4-7H,8-9H2,1-3H3,(H2,18,19,22). The van der Waals surface area contributed by atoms with Gasteiger partial charge in [-0.05, 0) is 39.0 Å². The van der Waals surface area contributed by atoms with Crippen LogP contribution in [-0.4, -0.2) is 15.8 Å². The number of amides is 2. The molecule has 0 aliphatic carbocycles. The molecule has 3 rings (SSSR count). The van der Waals surface area contributed by atoms with Crippen molar-refractivity contribution in [1.29, 1.82) is 0 Å². The summed E-state index contributed by atoms with van der Waals surface area (Å²) in [7, 11) is 0. The van der Waals surface area contributed by atoms with Crippen LogP contribution in [0.2, 0.25) is 5.02 Å². The Balaban J connectivity index is 1.83. The van der Waals surface area contributed by atoms with Crippen LogP contribution in [0.3, 0.4) is 0 Å². The molecule has 0 spiro atoms. The van der Waals surface area contributed by atoms with Crippen molar-refractivity contribution in [2.75, 3.05) is 10.6 Å². The van der Waals surface area contributed by atoms with Gasteiger partial charge in [0.15, 0.2) is 0 Å². The summed E-state index contributed by atoms with van der Waals surface area (Å²) in [5.41, 5.74) is 2.63. The van der Waals surface area contributed by atoms with Gasteiger partial charge in [-0.15, -0.1) is 0 Å². The predicted octanol–water partition coefficient (Wildman–Crippen LogP) is 4.68. The number of thioether (sulfide) groups is 1. The molecule has 0 radical (unpaired) electrons. The lowest BCUT2D eigenvalue weighted by molar-refractivity contribution is 0.261. The molecule has 2 aromatic rings. The zero-order valence-corrected chi connectivity index (χ0v) is 14.9. The van der Waals surface area contributed by atoms with Gasteiger partial charge in [0.05, 0.1) is 11.2 Å². The normalized spacial score (nSPS) is 13.7. The number of rotatable bonds is 2. The van der Waals surface area contributed by atoms with Gasteiger partial charge in [0.2, 0.25) is 0 Å². The van der Waals surface area contributed by atoms with Crippen molar-refractivity contribution in [2.45, 2.75) is 37.8 Å². The largest absolute Gasteiger partial charge is 0.324 e. The minimum atomic E-state index is -0.294. The number of nitrogens with one attached hydrogen (secondary N) is 2. The van der Waals surface area contributed by atoms with E-state index >= 15 is 0 Å². The second-order valence-corrected chi connectivity index (χ2v) is 7.86. The van der Waals surface area contributed by atoms with E-state index < -0.39 is 0 Å². The van der Waals surface area contributed by atoms with E-state index in [1.54, 1.807) is 24.3 Å². The van der Waals surface area contributed by atoms with Gasteiger partial charge < -0.3 is 5.32 Å². The minimum absolute atomic E-state index is 0.201. The smallest absolute Gasteiger partial charge is 0.308 e. The molecule has 122 valence electrons. The van der Waals surface area contributed by atoms with Crippen LogP contribution in [0.5, 0.6) is 0 Å². The fourth-order valence-corrected chi connectivity index (χ4v) is 3.69. The highest BCUT2D eigenvalue weighted by Gasteiger charge is 2.28. The molecule has 1 aromatic carbocycles. The van der Waals surface area contributed by atoms with Crippen molar-refractivity contribution < 1.29 is 4.79 Å². The topological polar surface area (TPSA) is 59.0 Å². The number of fused-ring (bicyclic) bond motifs is 1. The molecular weight excluding hydrogens is 332 g/mol. The maximum absolute atomic E-state index is 12.4. The molecule has 2 N–H and O–H groups in total. The third-order valence-corrected chi connectivity index (χ3v) is 4.71. The quantitative estimate of drug-likeness (QED) is 0.826. The number of carbonyl (C=O) groups is 1. The van der Waals surface area contributed by atoms with Gasteiger partial charge in [-0.1, -0.05) is 17.7 Å². The maximum atomic E-state index is 12.4. The summed E-state index contributed by atoms with van der Waals surface area (Å²) in [6, 6.07) is 6.78. The molecule has 0 bridgehead atoms. The average Bonchev–Trinajstić information content (AvgIpc) is 3.00. The van der Waals surface area contributed by atoms with E-state index in [0.717, 1.165) is 28.6 Å². The van der Waals surface area contributed by atoms with Gasteiger partial charge in [-0.2, -0.15) is 16.9 Å². The molecule has 23 heavy (non-hydrogen) atoms. The van der Waals surface area contributed by atoms with Gasteiger partial charge in [-0.25, -0.2) is 9.48 Å². The monoisotopic (exact) mass is 350 g/mol. The number of halogens is 1. The van der Waals surface area contributed by atoms with Crippen LogP contribution in [0.25, 0.3) is 0 Å². The van der Waals surface area contributed by atoms with E-state index in [0.29, 0.717) is 10.7 Å². The molecule has 5 nitrogen and oxygen atoms in total. The molecule has 2 heterocycles. The number of anilines is 2. The molecular formula is C16H19ClN4OS. The van der Waals surface area contributed by atoms with E-state index in [9.17, 15) is 4.79 Å². The molecule has 1 aromatic heterocycles. The van der Waals surface area contributed by atoms with E-state index in [1.165, 1.54) is 0 Å². The molecule has 7 heteroatoms. The van der Waals surface area contributed by atoms with E-state index in [1.807, 2.05) is 16.4 Å². The van der Waals surface area contributed by atoms with Crippen LogP contribution >= 0.6 is 23.4 Å². The summed E-state index contributed by atoms with van der Waals surface area (Å²) in [6.07, 6.45) is 0. The highest BCUT2D eigenvalue weighted by molar-refractivity contribution is 7.98. The van der Waals surface area contributed by atoms with Crippen LogP contribution in [0.15, 0.2) is 24.3 Å². The van der Waals surface area contributed by atoms with Crippen LogP contribution in [0.1, 0.15) is 32.0 Å². The first-order valence-corrected chi connectivity index (χ1v) is 8.90. The third-order valence-electron chi connectivity index (χ3n) is 3.50. The Labute approximate surface area is 144 Å². The Morgan fingerprint density at radius 3 is 2.78 bits per heavy atom. The molecule has 0 fully saturated rings. The fraction of sp³-hybridized carbons (Fsp3) is 0.375. The first kappa shape index (κ1) is 16.2. The summed E-state index contributed by atoms with van der Waals surface area (Å²) >= 11 is 7.76. The van der Waals surface area contributed by atoms with Crippen molar-refractivity contribution in [2.24, 2.45) is 0 Å². The summed E-state index contributed by atoms with van der Waals surface area (Å²) < 4.78 is 1.90. The SMILES string of the molecule is CC(C)(C)n1nc2c(c1NC(=O)Nc1cccc(Cl)c1)CSC2. The van der Waals surface area contributed by atoms with E-state index in [-0.39, 0.29) is 11.6 Å². The zero-order chi connectivity index (χ0) is 16.6. The van der Waals surface area contributed by atoms with Gasteiger partial charge in [0.1, 0.15) is 5.82 Å². The Morgan fingerprint density at radius 2 is 2.09 bits per heavy atom. The van der Waals surface area contributed by atoms with Crippen LogP contribution in [-0.2, 0) is 17.0 Å². The summed E-state index contributed by atoms with van der Waals surface area (Å²) in [4.78, 5) is 12.4. The molecule has 0 saturated carbocycles. The Bertz CT molecular complexity index is 751. The second kappa shape index (κ2) is 6.09. The minimum Gasteiger partial charge on any atom is -0.308 e. The fourth-order valence-electron chi connectivity index (χ4n) is 2.46. The molecule has 0 unspecified atom stereocenters. The average molecular weight is 351 g/mol. The maximum Gasteiger partial charge on any atom is 0.324 e. The Kier molecular flexibility index (Phi) is 4.29. The van der Waals surface area contributed by atoms with Gasteiger partial charge in [0, 0.05) is 27.8 Å². The predicted molar refractivity (Wildman–Crippen MR) is 96.3 cm³/mol.